The van der Waals surface area contributed by atoms with E-state index >= 15 is 0 Å². The first kappa shape index (κ1) is 12.8. The van der Waals surface area contributed by atoms with E-state index in [9.17, 15) is 9.90 Å². The average Bonchev–Trinajstić information content (AvgIpc) is 2.30. The van der Waals surface area contributed by atoms with E-state index in [0.717, 1.165) is 58.4 Å². The molecule has 0 unspecified atom stereocenters. The van der Waals surface area contributed by atoms with Crippen molar-refractivity contribution in [2.24, 2.45) is 11.7 Å². The lowest BCUT2D eigenvalue weighted by Gasteiger charge is -2.39. The van der Waals surface area contributed by atoms with Gasteiger partial charge in [-0.1, -0.05) is 0 Å². The molecule has 0 bridgehead atoms. The van der Waals surface area contributed by atoms with Crippen molar-refractivity contribution in [3.05, 3.63) is 0 Å². The number of likely N-dealkylation sites (tertiary alicyclic amines) is 1. The van der Waals surface area contributed by atoms with Gasteiger partial charge in [0.05, 0.1) is 5.60 Å². The molecule has 1 amide bonds. The molecule has 0 spiro atoms. The third kappa shape index (κ3) is 3.40. The molecule has 0 radical (unpaired) electrons. The lowest BCUT2D eigenvalue weighted by Crippen LogP contribution is -2.51. The topological polar surface area (TPSA) is 78.6 Å². The number of nitrogens with one attached hydrogen (secondary N) is 1. The molecule has 0 aromatic carbocycles. The van der Waals surface area contributed by atoms with E-state index in [0.29, 0.717) is 0 Å². The molecule has 2 heterocycles. The number of hydrogen-bond donors (Lipinski definition) is 3. The molecule has 2 fully saturated rings. The molecule has 2 saturated heterocycles. The Morgan fingerprint density at radius 1 is 1.35 bits per heavy atom. The summed E-state index contributed by atoms with van der Waals surface area (Å²) in [6, 6.07) is 0. The van der Waals surface area contributed by atoms with E-state index < -0.39 is 5.60 Å². The third-order valence-corrected chi connectivity index (χ3v) is 4.04. The van der Waals surface area contributed by atoms with E-state index in [-0.39, 0.29) is 11.8 Å². The van der Waals surface area contributed by atoms with Crippen LogP contribution in [0.1, 0.15) is 25.7 Å². The van der Waals surface area contributed by atoms with Gasteiger partial charge >= 0.3 is 0 Å². The predicted molar refractivity (Wildman–Crippen MR) is 65.4 cm³/mol. The van der Waals surface area contributed by atoms with Crippen molar-refractivity contribution in [3.63, 3.8) is 0 Å². The summed E-state index contributed by atoms with van der Waals surface area (Å²) in [6.07, 6.45) is 3.32. The molecule has 0 saturated carbocycles. The van der Waals surface area contributed by atoms with Crippen molar-refractivity contribution in [3.8, 4) is 0 Å². The molecule has 98 valence electrons. The number of piperidine rings is 2. The van der Waals surface area contributed by atoms with Gasteiger partial charge in [0.25, 0.3) is 0 Å². The van der Waals surface area contributed by atoms with Gasteiger partial charge in [-0.2, -0.15) is 0 Å². The molecule has 5 nitrogen and oxygen atoms in total. The summed E-state index contributed by atoms with van der Waals surface area (Å²) in [5.41, 5.74) is 4.77. The Labute approximate surface area is 102 Å². The number of primary amides is 1. The van der Waals surface area contributed by atoms with Gasteiger partial charge in [0.1, 0.15) is 0 Å². The van der Waals surface area contributed by atoms with Crippen LogP contribution in [0.4, 0.5) is 0 Å². The van der Waals surface area contributed by atoms with Gasteiger partial charge in [0.15, 0.2) is 0 Å². The Morgan fingerprint density at radius 2 is 1.94 bits per heavy atom. The van der Waals surface area contributed by atoms with E-state index in [2.05, 4.69) is 10.2 Å². The van der Waals surface area contributed by atoms with Crippen LogP contribution < -0.4 is 11.1 Å². The Hall–Kier alpha value is -0.650. The van der Waals surface area contributed by atoms with Crippen LogP contribution >= 0.6 is 0 Å². The van der Waals surface area contributed by atoms with Crippen LogP contribution in [-0.2, 0) is 4.79 Å². The highest BCUT2D eigenvalue weighted by Gasteiger charge is 2.33. The standard InChI is InChI=1S/C12H23N3O2/c13-11(16)10-1-7-15(8-2-10)9-12(17)3-5-14-6-4-12/h10,14,17H,1-9H2,(H2,13,16). The maximum atomic E-state index is 11.1. The third-order valence-electron chi connectivity index (χ3n) is 4.04. The van der Waals surface area contributed by atoms with Crippen LogP contribution in [0.15, 0.2) is 0 Å². The zero-order valence-electron chi connectivity index (χ0n) is 10.3. The Bertz CT molecular complexity index is 269. The fourth-order valence-corrected chi connectivity index (χ4v) is 2.84. The van der Waals surface area contributed by atoms with Crippen LogP contribution in [-0.4, -0.2) is 54.2 Å². The predicted octanol–water partition coefficient (Wildman–Crippen LogP) is -0.702. The van der Waals surface area contributed by atoms with E-state index in [1.165, 1.54) is 0 Å². The maximum absolute atomic E-state index is 11.1. The number of carbonyl (C=O) groups is 1. The van der Waals surface area contributed by atoms with Gasteiger partial charge in [0, 0.05) is 12.5 Å². The zero-order valence-corrected chi connectivity index (χ0v) is 10.3. The van der Waals surface area contributed by atoms with Crippen LogP contribution in [0.2, 0.25) is 0 Å². The first-order chi connectivity index (χ1) is 8.09. The first-order valence-electron chi connectivity index (χ1n) is 6.54. The van der Waals surface area contributed by atoms with Gasteiger partial charge in [-0.3, -0.25) is 4.79 Å². The van der Waals surface area contributed by atoms with Crippen LogP contribution in [0, 0.1) is 5.92 Å². The smallest absolute Gasteiger partial charge is 0.220 e. The minimum atomic E-state index is -0.537. The number of rotatable bonds is 3. The zero-order chi connectivity index (χ0) is 12.3. The summed E-state index contributed by atoms with van der Waals surface area (Å²) in [5.74, 6) is -0.140. The van der Waals surface area contributed by atoms with Gasteiger partial charge < -0.3 is 21.1 Å². The maximum Gasteiger partial charge on any atom is 0.220 e. The summed E-state index contributed by atoms with van der Waals surface area (Å²) < 4.78 is 0. The second-order valence-electron chi connectivity index (χ2n) is 5.43. The summed E-state index contributed by atoms with van der Waals surface area (Å²) in [7, 11) is 0. The largest absolute Gasteiger partial charge is 0.388 e. The van der Waals surface area contributed by atoms with Crippen molar-refractivity contribution in [2.75, 3.05) is 32.7 Å². The second-order valence-corrected chi connectivity index (χ2v) is 5.43. The van der Waals surface area contributed by atoms with Crippen molar-refractivity contribution in [1.82, 2.24) is 10.2 Å². The molecule has 2 aliphatic rings. The Kier molecular flexibility index (Phi) is 4.01. The molecule has 2 aliphatic heterocycles. The summed E-state index contributed by atoms with van der Waals surface area (Å²) in [4.78, 5) is 13.3. The fourth-order valence-electron chi connectivity index (χ4n) is 2.84. The second kappa shape index (κ2) is 5.33. The summed E-state index contributed by atoms with van der Waals surface area (Å²) >= 11 is 0. The van der Waals surface area contributed by atoms with Crippen molar-refractivity contribution < 1.29 is 9.90 Å². The Morgan fingerprint density at radius 3 is 2.47 bits per heavy atom. The highest BCUT2D eigenvalue weighted by Crippen LogP contribution is 2.23. The van der Waals surface area contributed by atoms with Crippen molar-refractivity contribution >= 4 is 5.91 Å². The SMILES string of the molecule is NC(=O)C1CCN(CC2(O)CCNCC2)CC1. The van der Waals surface area contributed by atoms with Crippen LogP contribution in [0.5, 0.6) is 0 Å². The number of nitrogens with two attached hydrogens (primary N) is 1. The van der Waals surface area contributed by atoms with Crippen LogP contribution in [0.3, 0.4) is 0 Å². The molecule has 17 heavy (non-hydrogen) atoms. The number of hydrogen-bond acceptors (Lipinski definition) is 4. The van der Waals surface area contributed by atoms with Crippen molar-refractivity contribution in [2.45, 2.75) is 31.3 Å². The van der Waals surface area contributed by atoms with E-state index in [1.807, 2.05) is 0 Å². The van der Waals surface area contributed by atoms with E-state index in [1.54, 1.807) is 0 Å². The van der Waals surface area contributed by atoms with Gasteiger partial charge in [-0.25, -0.2) is 0 Å². The van der Waals surface area contributed by atoms with Gasteiger partial charge in [-0.05, 0) is 51.9 Å². The Balaban J connectivity index is 1.79. The molecular weight excluding hydrogens is 218 g/mol. The lowest BCUT2D eigenvalue weighted by atomic mass is 9.89. The van der Waals surface area contributed by atoms with Gasteiger partial charge in [0.2, 0.25) is 5.91 Å². The number of aliphatic hydroxyl groups is 1. The average molecular weight is 241 g/mol. The fraction of sp³-hybridized carbons (Fsp3) is 0.917. The van der Waals surface area contributed by atoms with Crippen LogP contribution in [0.25, 0.3) is 0 Å². The molecule has 0 atom stereocenters. The quantitative estimate of drug-likeness (QED) is 0.610. The minimum absolute atomic E-state index is 0.0360. The van der Waals surface area contributed by atoms with E-state index in [4.69, 9.17) is 5.73 Å². The molecule has 4 N–H and O–H groups in total. The summed E-state index contributed by atoms with van der Waals surface area (Å²) in [5, 5.41) is 13.7. The molecule has 0 aromatic rings. The highest BCUT2D eigenvalue weighted by atomic mass is 16.3. The molecule has 0 aliphatic carbocycles. The minimum Gasteiger partial charge on any atom is -0.388 e. The highest BCUT2D eigenvalue weighted by molar-refractivity contribution is 5.76. The lowest BCUT2D eigenvalue weighted by molar-refractivity contribution is -0.123. The number of amides is 1. The number of β-amino-alcohol motifs (C(OH)–C–C–N with tert-alkyl or cyclic N) is 1. The molecule has 0 aromatic heterocycles. The number of carbonyl (C=O) groups excluding carboxylic acids is 1. The monoisotopic (exact) mass is 241 g/mol. The molecule has 5 heteroatoms. The summed E-state index contributed by atoms with van der Waals surface area (Å²) in [6.45, 7) is 4.29. The normalized spacial score (nSPS) is 26.9. The molecular formula is C12H23N3O2. The van der Waals surface area contributed by atoms with Crippen molar-refractivity contribution in [1.29, 1.82) is 0 Å². The molecule has 2 rings (SSSR count). The first-order valence-corrected chi connectivity index (χ1v) is 6.54. The number of nitrogens with zero attached hydrogens (tertiary/aromatic N) is 1. The van der Waals surface area contributed by atoms with Gasteiger partial charge in [-0.15, -0.1) is 0 Å².